The molecule has 1 atom stereocenters. The number of aliphatic carboxylic acids is 1. The summed E-state index contributed by atoms with van der Waals surface area (Å²) in [4.78, 5) is 30.8. The Hall–Kier alpha value is -2.96. The molecule has 23 heavy (non-hydrogen) atoms. The SMILES string of the molecule is Nc1nccnc1C(=O)NC(CCC(=O)O)Cc1ccccc1. The molecule has 0 saturated carbocycles. The van der Waals surface area contributed by atoms with Gasteiger partial charge in [0.25, 0.3) is 5.91 Å². The quantitative estimate of drug-likeness (QED) is 0.708. The number of nitrogens with two attached hydrogens (primary N) is 1. The average molecular weight is 314 g/mol. The number of rotatable bonds is 7. The number of hydrogen-bond acceptors (Lipinski definition) is 5. The summed E-state index contributed by atoms with van der Waals surface area (Å²) >= 11 is 0. The fourth-order valence-corrected chi connectivity index (χ4v) is 2.20. The predicted molar refractivity (Wildman–Crippen MR) is 84.7 cm³/mol. The van der Waals surface area contributed by atoms with Gasteiger partial charge in [0.15, 0.2) is 11.5 Å². The summed E-state index contributed by atoms with van der Waals surface area (Å²) in [6, 6.07) is 9.21. The third-order valence-corrected chi connectivity index (χ3v) is 3.31. The zero-order valence-corrected chi connectivity index (χ0v) is 12.5. The number of nitrogen functional groups attached to an aromatic ring is 1. The Balaban J connectivity index is 2.08. The molecule has 2 rings (SSSR count). The van der Waals surface area contributed by atoms with Crippen LogP contribution in [-0.2, 0) is 11.2 Å². The van der Waals surface area contributed by atoms with Crippen LogP contribution in [0.2, 0.25) is 0 Å². The van der Waals surface area contributed by atoms with Crippen LogP contribution in [0, 0.1) is 0 Å². The number of anilines is 1. The first-order valence-corrected chi connectivity index (χ1v) is 7.19. The van der Waals surface area contributed by atoms with E-state index in [1.807, 2.05) is 30.3 Å². The van der Waals surface area contributed by atoms with Gasteiger partial charge in [0, 0.05) is 24.9 Å². The van der Waals surface area contributed by atoms with Crippen molar-refractivity contribution in [3.05, 3.63) is 54.0 Å². The van der Waals surface area contributed by atoms with E-state index in [2.05, 4.69) is 15.3 Å². The maximum Gasteiger partial charge on any atom is 0.303 e. The highest BCUT2D eigenvalue weighted by molar-refractivity contribution is 5.96. The monoisotopic (exact) mass is 314 g/mol. The lowest BCUT2D eigenvalue weighted by molar-refractivity contribution is -0.137. The molecule has 0 bridgehead atoms. The lowest BCUT2D eigenvalue weighted by Gasteiger charge is -2.18. The van der Waals surface area contributed by atoms with Gasteiger partial charge in [-0.2, -0.15) is 0 Å². The summed E-state index contributed by atoms with van der Waals surface area (Å²) < 4.78 is 0. The Bertz CT molecular complexity index is 676. The van der Waals surface area contributed by atoms with E-state index < -0.39 is 11.9 Å². The minimum atomic E-state index is -0.906. The molecule has 1 aromatic heterocycles. The lowest BCUT2D eigenvalue weighted by Crippen LogP contribution is -2.37. The summed E-state index contributed by atoms with van der Waals surface area (Å²) in [5.41, 5.74) is 6.70. The summed E-state index contributed by atoms with van der Waals surface area (Å²) in [7, 11) is 0. The smallest absolute Gasteiger partial charge is 0.303 e. The second-order valence-electron chi connectivity index (χ2n) is 5.08. The number of carbonyl (C=O) groups excluding carboxylic acids is 1. The zero-order valence-electron chi connectivity index (χ0n) is 12.5. The molecule has 7 nitrogen and oxygen atoms in total. The number of carboxylic acids is 1. The van der Waals surface area contributed by atoms with E-state index >= 15 is 0 Å². The molecule has 1 unspecified atom stereocenters. The van der Waals surface area contributed by atoms with E-state index in [0.29, 0.717) is 12.8 Å². The van der Waals surface area contributed by atoms with Gasteiger partial charge in [0.05, 0.1) is 0 Å². The standard InChI is InChI=1S/C16H18N4O3/c17-15-14(18-8-9-19-15)16(23)20-12(6-7-13(21)22)10-11-4-2-1-3-5-11/h1-5,8-9,12H,6-7,10H2,(H2,17,19)(H,20,23)(H,21,22). The molecular formula is C16H18N4O3. The van der Waals surface area contributed by atoms with Crippen LogP contribution < -0.4 is 11.1 Å². The molecule has 7 heteroatoms. The van der Waals surface area contributed by atoms with E-state index in [1.54, 1.807) is 0 Å². The topological polar surface area (TPSA) is 118 Å². The summed E-state index contributed by atoms with van der Waals surface area (Å²) in [6.45, 7) is 0. The lowest BCUT2D eigenvalue weighted by atomic mass is 10.0. The first kappa shape index (κ1) is 16.4. The highest BCUT2D eigenvalue weighted by Crippen LogP contribution is 2.10. The van der Waals surface area contributed by atoms with Crippen LogP contribution in [0.25, 0.3) is 0 Å². The van der Waals surface area contributed by atoms with Gasteiger partial charge in [-0.25, -0.2) is 9.97 Å². The van der Waals surface area contributed by atoms with Crippen molar-refractivity contribution in [1.29, 1.82) is 0 Å². The Morgan fingerprint density at radius 2 is 1.87 bits per heavy atom. The van der Waals surface area contributed by atoms with E-state index in [1.165, 1.54) is 12.4 Å². The average Bonchev–Trinajstić information content (AvgIpc) is 2.54. The number of nitrogens with zero attached hydrogens (tertiary/aromatic N) is 2. The minimum Gasteiger partial charge on any atom is -0.481 e. The van der Waals surface area contributed by atoms with Crippen molar-refractivity contribution in [1.82, 2.24) is 15.3 Å². The van der Waals surface area contributed by atoms with Crippen LogP contribution in [0.5, 0.6) is 0 Å². The molecule has 1 amide bonds. The Kier molecular flexibility index (Phi) is 5.62. The Labute approximate surface area is 133 Å². The van der Waals surface area contributed by atoms with Crippen molar-refractivity contribution in [3.8, 4) is 0 Å². The number of benzene rings is 1. The minimum absolute atomic E-state index is 0.0340. The third kappa shape index (κ3) is 5.06. The van der Waals surface area contributed by atoms with Gasteiger partial charge in [-0.15, -0.1) is 0 Å². The van der Waals surface area contributed by atoms with Crippen LogP contribution in [0.3, 0.4) is 0 Å². The van der Waals surface area contributed by atoms with Gasteiger partial charge >= 0.3 is 5.97 Å². The molecule has 0 radical (unpaired) electrons. The normalized spacial score (nSPS) is 11.7. The van der Waals surface area contributed by atoms with Crippen molar-refractivity contribution < 1.29 is 14.7 Å². The summed E-state index contributed by atoms with van der Waals surface area (Å²) in [5, 5.41) is 11.7. The van der Waals surface area contributed by atoms with Gasteiger partial charge < -0.3 is 16.2 Å². The predicted octanol–water partition coefficient (Wildman–Crippen LogP) is 1.26. The van der Waals surface area contributed by atoms with Crippen molar-refractivity contribution in [3.63, 3.8) is 0 Å². The third-order valence-electron chi connectivity index (χ3n) is 3.31. The van der Waals surface area contributed by atoms with E-state index in [9.17, 15) is 9.59 Å². The molecule has 0 aliphatic rings. The Morgan fingerprint density at radius 1 is 1.17 bits per heavy atom. The summed E-state index contributed by atoms with van der Waals surface area (Å²) in [5.74, 6) is -1.32. The van der Waals surface area contributed by atoms with Gasteiger partial charge in [0.1, 0.15) is 0 Å². The fourth-order valence-electron chi connectivity index (χ4n) is 2.20. The molecule has 0 aliphatic heterocycles. The van der Waals surface area contributed by atoms with Crippen LogP contribution in [0.1, 0.15) is 28.9 Å². The molecule has 2 aromatic rings. The zero-order chi connectivity index (χ0) is 16.7. The molecule has 1 heterocycles. The highest BCUT2D eigenvalue weighted by Gasteiger charge is 2.18. The summed E-state index contributed by atoms with van der Waals surface area (Å²) in [6.07, 6.45) is 3.59. The van der Waals surface area contributed by atoms with Crippen LogP contribution in [0.15, 0.2) is 42.7 Å². The number of amides is 1. The van der Waals surface area contributed by atoms with Crippen molar-refractivity contribution in [2.45, 2.75) is 25.3 Å². The molecule has 0 fully saturated rings. The maximum absolute atomic E-state index is 12.3. The number of carboxylic acid groups (broad SMARTS) is 1. The first-order valence-electron chi connectivity index (χ1n) is 7.19. The van der Waals surface area contributed by atoms with E-state index in [-0.39, 0.29) is 24.0 Å². The van der Waals surface area contributed by atoms with Crippen molar-refractivity contribution in [2.24, 2.45) is 0 Å². The molecule has 0 aliphatic carbocycles. The second kappa shape index (κ2) is 7.88. The number of hydrogen-bond donors (Lipinski definition) is 3. The highest BCUT2D eigenvalue weighted by atomic mass is 16.4. The largest absolute Gasteiger partial charge is 0.481 e. The van der Waals surface area contributed by atoms with Gasteiger partial charge in [0.2, 0.25) is 0 Å². The molecule has 0 spiro atoms. The van der Waals surface area contributed by atoms with Crippen LogP contribution >= 0.6 is 0 Å². The molecule has 4 N–H and O–H groups in total. The van der Waals surface area contributed by atoms with Crippen LogP contribution in [0.4, 0.5) is 5.82 Å². The number of nitrogens with one attached hydrogen (secondary N) is 1. The molecule has 0 saturated heterocycles. The molecular weight excluding hydrogens is 296 g/mol. The fraction of sp³-hybridized carbons (Fsp3) is 0.250. The molecule has 120 valence electrons. The number of aromatic nitrogens is 2. The van der Waals surface area contributed by atoms with E-state index in [0.717, 1.165) is 5.56 Å². The second-order valence-corrected chi connectivity index (χ2v) is 5.08. The van der Waals surface area contributed by atoms with Gasteiger partial charge in [-0.3, -0.25) is 9.59 Å². The van der Waals surface area contributed by atoms with E-state index in [4.69, 9.17) is 10.8 Å². The van der Waals surface area contributed by atoms with Crippen molar-refractivity contribution in [2.75, 3.05) is 5.73 Å². The molecule has 1 aromatic carbocycles. The van der Waals surface area contributed by atoms with Gasteiger partial charge in [-0.05, 0) is 18.4 Å². The Morgan fingerprint density at radius 3 is 2.52 bits per heavy atom. The maximum atomic E-state index is 12.3. The number of carbonyl (C=O) groups is 2. The van der Waals surface area contributed by atoms with Crippen LogP contribution in [-0.4, -0.2) is 33.0 Å². The van der Waals surface area contributed by atoms with Crippen molar-refractivity contribution >= 4 is 17.7 Å². The van der Waals surface area contributed by atoms with Gasteiger partial charge in [-0.1, -0.05) is 30.3 Å². The first-order chi connectivity index (χ1) is 11.1.